The van der Waals surface area contributed by atoms with Crippen LogP contribution in [0.3, 0.4) is 0 Å². The Labute approximate surface area is 137 Å². The molecule has 0 saturated carbocycles. The molecule has 118 valence electrons. The molecule has 0 unspecified atom stereocenters. The van der Waals surface area contributed by atoms with E-state index in [0.29, 0.717) is 27.7 Å². The lowest BCUT2D eigenvalue weighted by Gasteiger charge is -2.10. The maximum Gasteiger partial charge on any atom is 0.157 e. The highest BCUT2D eigenvalue weighted by atomic mass is 19.1. The van der Waals surface area contributed by atoms with E-state index in [4.69, 9.17) is 0 Å². The second kappa shape index (κ2) is 5.53. The third-order valence-electron chi connectivity index (χ3n) is 3.90. The summed E-state index contributed by atoms with van der Waals surface area (Å²) >= 11 is 0. The zero-order valence-electron chi connectivity index (χ0n) is 12.8. The van der Waals surface area contributed by atoms with Crippen LogP contribution in [0.1, 0.15) is 5.69 Å². The van der Waals surface area contributed by atoms with Gasteiger partial charge in [0.1, 0.15) is 17.2 Å². The van der Waals surface area contributed by atoms with Gasteiger partial charge in [0.15, 0.2) is 5.82 Å². The van der Waals surface area contributed by atoms with Crippen LogP contribution in [0.15, 0.2) is 54.6 Å². The minimum absolute atomic E-state index is 0.115. The summed E-state index contributed by atoms with van der Waals surface area (Å²) in [7, 11) is 0. The lowest BCUT2D eigenvalue weighted by Crippen LogP contribution is -1.96. The van der Waals surface area contributed by atoms with Gasteiger partial charge in [-0.2, -0.15) is 5.10 Å². The van der Waals surface area contributed by atoms with Gasteiger partial charge in [0, 0.05) is 22.0 Å². The Balaban J connectivity index is 2.07. The van der Waals surface area contributed by atoms with E-state index >= 15 is 0 Å². The van der Waals surface area contributed by atoms with E-state index in [1.165, 1.54) is 12.1 Å². The second-order valence-electron chi connectivity index (χ2n) is 5.62. The first-order chi connectivity index (χ1) is 11.6. The molecule has 2 aromatic heterocycles. The number of H-pyrrole nitrogens is 1. The first kappa shape index (κ1) is 14.5. The number of aromatic nitrogens is 3. The van der Waals surface area contributed by atoms with Crippen molar-refractivity contribution in [3.05, 3.63) is 71.9 Å². The fourth-order valence-electron chi connectivity index (χ4n) is 2.79. The number of halogens is 2. The van der Waals surface area contributed by atoms with Gasteiger partial charge in [-0.05, 0) is 25.1 Å². The second-order valence-corrected chi connectivity index (χ2v) is 5.62. The summed E-state index contributed by atoms with van der Waals surface area (Å²) in [5.41, 5.74) is 2.58. The van der Waals surface area contributed by atoms with Gasteiger partial charge in [-0.3, -0.25) is 5.10 Å². The van der Waals surface area contributed by atoms with Gasteiger partial charge in [0.25, 0.3) is 0 Å². The molecule has 0 aliphatic carbocycles. The topological polar surface area (TPSA) is 41.6 Å². The number of nitrogens with one attached hydrogen (secondary N) is 1. The first-order valence-corrected chi connectivity index (χ1v) is 7.50. The molecule has 2 aromatic carbocycles. The number of nitrogens with zero attached hydrogens (tertiary/aromatic N) is 2. The number of hydrogen-bond donors (Lipinski definition) is 1. The van der Waals surface area contributed by atoms with Crippen molar-refractivity contribution in [1.82, 2.24) is 15.2 Å². The van der Waals surface area contributed by atoms with Gasteiger partial charge in [-0.15, -0.1) is 0 Å². The summed E-state index contributed by atoms with van der Waals surface area (Å²) in [5.74, 6) is -0.897. The van der Waals surface area contributed by atoms with Crippen molar-refractivity contribution in [2.75, 3.05) is 0 Å². The summed E-state index contributed by atoms with van der Waals surface area (Å²) < 4.78 is 28.5. The maximum absolute atomic E-state index is 15.0. The standard InChI is InChI=1S/C19H13F2N3/c1-11-9-16(24-23-11)19-15-8-3-2-7-14(15)17(21)18(22-19)12-5-4-6-13(20)10-12/h2-10H,1H3,(H,23,24). The Hall–Kier alpha value is -3.08. The van der Waals surface area contributed by atoms with Crippen molar-refractivity contribution < 1.29 is 8.78 Å². The van der Waals surface area contributed by atoms with Crippen molar-refractivity contribution in [3.63, 3.8) is 0 Å². The minimum Gasteiger partial charge on any atom is -0.282 e. The van der Waals surface area contributed by atoms with E-state index in [1.807, 2.05) is 19.1 Å². The van der Waals surface area contributed by atoms with Crippen LogP contribution in [0.2, 0.25) is 0 Å². The molecule has 2 heterocycles. The lowest BCUT2D eigenvalue weighted by atomic mass is 10.0. The fourth-order valence-corrected chi connectivity index (χ4v) is 2.79. The molecule has 1 N–H and O–H groups in total. The van der Waals surface area contributed by atoms with Crippen molar-refractivity contribution in [2.24, 2.45) is 0 Å². The molecule has 24 heavy (non-hydrogen) atoms. The van der Waals surface area contributed by atoms with Crippen LogP contribution in [0, 0.1) is 18.6 Å². The van der Waals surface area contributed by atoms with Gasteiger partial charge < -0.3 is 0 Å². The monoisotopic (exact) mass is 321 g/mol. The van der Waals surface area contributed by atoms with E-state index in [9.17, 15) is 8.78 Å². The Bertz CT molecular complexity index is 1050. The molecule has 0 aliphatic rings. The van der Waals surface area contributed by atoms with E-state index in [-0.39, 0.29) is 5.69 Å². The first-order valence-electron chi connectivity index (χ1n) is 7.50. The number of pyridine rings is 1. The lowest BCUT2D eigenvalue weighted by molar-refractivity contribution is 0.626. The summed E-state index contributed by atoms with van der Waals surface area (Å²) in [5, 5.41) is 8.21. The van der Waals surface area contributed by atoms with Crippen LogP contribution in [-0.4, -0.2) is 15.2 Å². The third kappa shape index (κ3) is 2.34. The third-order valence-corrected chi connectivity index (χ3v) is 3.90. The molecule has 0 fully saturated rings. The quantitative estimate of drug-likeness (QED) is 0.572. The molecule has 0 atom stereocenters. The van der Waals surface area contributed by atoms with Gasteiger partial charge >= 0.3 is 0 Å². The zero-order chi connectivity index (χ0) is 16.7. The van der Waals surface area contributed by atoms with Gasteiger partial charge in [0.05, 0.1) is 5.69 Å². The van der Waals surface area contributed by atoms with Crippen molar-refractivity contribution in [1.29, 1.82) is 0 Å². The van der Waals surface area contributed by atoms with E-state index in [2.05, 4.69) is 15.2 Å². The predicted molar refractivity (Wildman–Crippen MR) is 89.4 cm³/mol. The van der Waals surface area contributed by atoms with Crippen LogP contribution in [0.4, 0.5) is 8.78 Å². The van der Waals surface area contributed by atoms with Crippen LogP contribution >= 0.6 is 0 Å². The highest BCUT2D eigenvalue weighted by Gasteiger charge is 2.18. The average Bonchev–Trinajstić information content (AvgIpc) is 3.02. The number of benzene rings is 2. The van der Waals surface area contributed by atoms with Crippen LogP contribution in [0.5, 0.6) is 0 Å². The summed E-state index contributed by atoms with van der Waals surface area (Å²) in [6.07, 6.45) is 0. The highest BCUT2D eigenvalue weighted by Crippen LogP contribution is 2.33. The molecular weight excluding hydrogens is 308 g/mol. The van der Waals surface area contributed by atoms with Crippen LogP contribution in [0.25, 0.3) is 33.4 Å². The molecule has 4 aromatic rings. The smallest absolute Gasteiger partial charge is 0.157 e. The highest BCUT2D eigenvalue weighted by molar-refractivity contribution is 5.96. The summed E-state index contributed by atoms with van der Waals surface area (Å²) in [6.45, 7) is 1.88. The van der Waals surface area contributed by atoms with Gasteiger partial charge in [-0.25, -0.2) is 13.8 Å². The normalized spacial score (nSPS) is 11.1. The largest absolute Gasteiger partial charge is 0.282 e. The molecule has 0 radical (unpaired) electrons. The molecule has 0 aliphatic heterocycles. The Morgan fingerprint density at radius 3 is 2.38 bits per heavy atom. The van der Waals surface area contributed by atoms with Crippen LogP contribution in [-0.2, 0) is 0 Å². The van der Waals surface area contributed by atoms with Crippen LogP contribution < -0.4 is 0 Å². The number of aromatic amines is 1. The predicted octanol–water partition coefficient (Wildman–Crippen LogP) is 4.88. The van der Waals surface area contributed by atoms with Gasteiger partial charge in [-0.1, -0.05) is 36.4 Å². The number of fused-ring (bicyclic) bond motifs is 1. The number of hydrogen-bond acceptors (Lipinski definition) is 2. The van der Waals surface area contributed by atoms with Crippen molar-refractivity contribution >= 4 is 10.8 Å². The molecule has 0 spiro atoms. The summed E-state index contributed by atoms with van der Waals surface area (Å²) in [4.78, 5) is 4.47. The van der Waals surface area contributed by atoms with E-state index in [1.54, 1.807) is 30.3 Å². The zero-order valence-corrected chi connectivity index (χ0v) is 12.8. The SMILES string of the molecule is Cc1cc(-c2nc(-c3cccc(F)c3)c(F)c3ccccc23)n[nH]1. The summed E-state index contributed by atoms with van der Waals surface area (Å²) in [6, 6.07) is 14.7. The van der Waals surface area contributed by atoms with E-state index < -0.39 is 11.6 Å². The van der Waals surface area contributed by atoms with Gasteiger partial charge in [0.2, 0.25) is 0 Å². The molecule has 0 saturated heterocycles. The Morgan fingerprint density at radius 2 is 1.67 bits per heavy atom. The molecule has 4 rings (SSSR count). The van der Waals surface area contributed by atoms with E-state index in [0.717, 1.165) is 5.69 Å². The average molecular weight is 321 g/mol. The Morgan fingerprint density at radius 1 is 0.875 bits per heavy atom. The molecule has 5 heteroatoms. The molecule has 0 amide bonds. The molecule has 0 bridgehead atoms. The van der Waals surface area contributed by atoms with Crippen molar-refractivity contribution in [2.45, 2.75) is 6.92 Å². The number of rotatable bonds is 2. The fraction of sp³-hybridized carbons (Fsp3) is 0.0526. The Kier molecular flexibility index (Phi) is 3.34. The molecule has 3 nitrogen and oxygen atoms in total. The molecular formula is C19H13F2N3. The minimum atomic E-state index is -0.466. The maximum atomic E-state index is 15.0. The number of aryl methyl sites for hydroxylation is 1. The van der Waals surface area contributed by atoms with Crippen molar-refractivity contribution in [3.8, 4) is 22.6 Å².